The van der Waals surface area contributed by atoms with Crippen molar-refractivity contribution < 1.29 is 17.9 Å². The zero-order chi connectivity index (χ0) is 12.3. The molecular weight excluding hydrogens is 231 g/mol. The summed E-state index contributed by atoms with van der Waals surface area (Å²) >= 11 is 0. The van der Waals surface area contributed by atoms with Gasteiger partial charge in [0.1, 0.15) is 0 Å². The first kappa shape index (κ1) is 12.4. The van der Waals surface area contributed by atoms with E-state index in [-0.39, 0.29) is 13.2 Å². The van der Waals surface area contributed by atoms with E-state index in [1.54, 1.807) is 4.90 Å². The van der Waals surface area contributed by atoms with Crippen LogP contribution in [0, 0.1) is 0 Å². The van der Waals surface area contributed by atoms with Gasteiger partial charge in [-0.3, -0.25) is 4.90 Å². The number of hydrogen-bond acceptors (Lipinski definition) is 2. The lowest BCUT2D eigenvalue weighted by molar-refractivity contribution is -0.237. The minimum Gasteiger partial charge on any atom is -0.366 e. The van der Waals surface area contributed by atoms with Gasteiger partial charge in [0.2, 0.25) is 0 Å². The summed E-state index contributed by atoms with van der Waals surface area (Å²) in [4.78, 5) is 1.77. The molecule has 1 aliphatic heterocycles. The molecule has 0 N–H and O–H groups in total. The summed E-state index contributed by atoms with van der Waals surface area (Å²) in [5, 5.41) is 0. The maximum atomic E-state index is 12.5. The average molecular weight is 245 g/mol. The van der Waals surface area contributed by atoms with Crippen LogP contribution in [0.4, 0.5) is 13.2 Å². The highest BCUT2D eigenvalue weighted by atomic mass is 19.4. The van der Waals surface area contributed by atoms with Crippen molar-refractivity contribution in [3.05, 3.63) is 35.9 Å². The lowest BCUT2D eigenvalue weighted by Crippen LogP contribution is -2.48. The number of halogens is 3. The Morgan fingerprint density at radius 1 is 1.24 bits per heavy atom. The molecule has 0 aliphatic carbocycles. The number of ether oxygens (including phenoxy) is 1. The van der Waals surface area contributed by atoms with E-state index in [1.165, 1.54) is 0 Å². The summed E-state index contributed by atoms with van der Waals surface area (Å²) in [7, 11) is 0. The van der Waals surface area contributed by atoms with Gasteiger partial charge in [0, 0.05) is 19.6 Å². The molecular formula is C12H14F3NO. The van der Waals surface area contributed by atoms with Crippen molar-refractivity contribution in [1.82, 2.24) is 4.90 Å². The van der Waals surface area contributed by atoms with Crippen molar-refractivity contribution in [3.8, 4) is 0 Å². The van der Waals surface area contributed by atoms with E-state index in [4.69, 9.17) is 4.74 Å². The first-order chi connectivity index (χ1) is 8.05. The molecule has 1 aromatic rings. The number of rotatable bonds is 2. The second-order valence-corrected chi connectivity index (χ2v) is 4.12. The molecule has 0 aromatic heterocycles. The van der Waals surface area contributed by atoms with E-state index in [1.807, 2.05) is 30.3 Å². The number of benzene rings is 1. The zero-order valence-electron chi connectivity index (χ0n) is 9.28. The monoisotopic (exact) mass is 245 g/mol. The second-order valence-electron chi connectivity index (χ2n) is 4.12. The standard InChI is InChI=1S/C12H14F3NO/c13-12(14,15)11-9-16(6-7-17-11)8-10-4-2-1-3-5-10/h1-5,11H,6-9H2/t11-/m0/s1. The fourth-order valence-corrected chi connectivity index (χ4v) is 1.89. The first-order valence-electron chi connectivity index (χ1n) is 5.50. The van der Waals surface area contributed by atoms with Crippen molar-refractivity contribution in [3.63, 3.8) is 0 Å². The maximum absolute atomic E-state index is 12.5. The smallest absolute Gasteiger partial charge is 0.366 e. The number of morpholine rings is 1. The Bertz CT molecular complexity index is 353. The first-order valence-corrected chi connectivity index (χ1v) is 5.50. The van der Waals surface area contributed by atoms with E-state index in [9.17, 15) is 13.2 Å². The lowest BCUT2D eigenvalue weighted by atomic mass is 10.2. The molecule has 2 nitrogen and oxygen atoms in total. The van der Waals surface area contributed by atoms with Crippen LogP contribution in [-0.4, -0.2) is 36.9 Å². The summed E-state index contributed by atoms with van der Waals surface area (Å²) < 4.78 is 42.2. The normalized spacial score (nSPS) is 22.6. The van der Waals surface area contributed by atoms with Gasteiger partial charge in [-0.05, 0) is 5.56 Å². The van der Waals surface area contributed by atoms with Crippen LogP contribution in [0.25, 0.3) is 0 Å². The number of hydrogen-bond donors (Lipinski definition) is 0. The Morgan fingerprint density at radius 3 is 2.59 bits per heavy atom. The van der Waals surface area contributed by atoms with Crippen LogP contribution in [0.2, 0.25) is 0 Å². The van der Waals surface area contributed by atoms with E-state index in [0.717, 1.165) is 5.56 Å². The van der Waals surface area contributed by atoms with Crippen LogP contribution in [0.1, 0.15) is 5.56 Å². The Balaban J connectivity index is 1.94. The number of alkyl halides is 3. The fraction of sp³-hybridized carbons (Fsp3) is 0.500. The molecule has 0 amide bonds. The van der Waals surface area contributed by atoms with Gasteiger partial charge in [0.25, 0.3) is 0 Å². The van der Waals surface area contributed by atoms with Crippen LogP contribution < -0.4 is 0 Å². The van der Waals surface area contributed by atoms with E-state index < -0.39 is 12.3 Å². The predicted octanol–water partition coefficient (Wildman–Crippen LogP) is 2.45. The third-order valence-electron chi connectivity index (χ3n) is 2.76. The summed E-state index contributed by atoms with van der Waals surface area (Å²) in [5.41, 5.74) is 1.02. The Labute approximate surface area is 98.0 Å². The van der Waals surface area contributed by atoms with Gasteiger partial charge in [-0.1, -0.05) is 30.3 Å². The van der Waals surface area contributed by atoms with E-state index in [2.05, 4.69) is 0 Å². The Kier molecular flexibility index (Phi) is 3.69. The van der Waals surface area contributed by atoms with Crippen molar-refractivity contribution in [2.24, 2.45) is 0 Å². The largest absolute Gasteiger partial charge is 0.415 e. The molecule has 1 aromatic carbocycles. The van der Waals surface area contributed by atoms with Gasteiger partial charge in [0.15, 0.2) is 6.10 Å². The van der Waals surface area contributed by atoms with Gasteiger partial charge < -0.3 is 4.74 Å². The lowest BCUT2D eigenvalue weighted by Gasteiger charge is -2.33. The fourth-order valence-electron chi connectivity index (χ4n) is 1.89. The van der Waals surface area contributed by atoms with Crippen molar-refractivity contribution >= 4 is 0 Å². The molecule has 1 heterocycles. The molecule has 17 heavy (non-hydrogen) atoms. The Morgan fingerprint density at radius 2 is 1.94 bits per heavy atom. The van der Waals surface area contributed by atoms with Gasteiger partial charge >= 0.3 is 6.18 Å². The third kappa shape index (κ3) is 3.44. The third-order valence-corrected chi connectivity index (χ3v) is 2.76. The molecule has 0 bridgehead atoms. The zero-order valence-corrected chi connectivity index (χ0v) is 9.28. The second kappa shape index (κ2) is 5.06. The quantitative estimate of drug-likeness (QED) is 0.793. The number of nitrogens with zero attached hydrogens (tertiary/aromatic N) is 1. The Hall–Kier alpha value is -1.07. The van der Waals surface area contributed by atoms with Crippen LogP contribution >= 0.6 is 0 Å². The molecule has 2 rings (SSSR count). The molecule has 0 radical (unpaired) electrons. The maximum Gasteiger partial charge on any atom is 0.415 e. The highest BCUT2D eigenvalue weighted by Gasteiger charge is 2.43. The van der Waals surface area contributed by atoms with E-state index in [0.29, 0.717) is 13.1 Å². The molecule has 1 aliphatic rings. The van der Waals surface area contributed by atoms with Crippen molar-refractivity contribution in [2.75, 3.05) is 19.7 Å². The highest BCUT2D eigenvalue weighted by molar-refractivity contribution is 5.14. The summed E-state index contributed by atoms with van der Waals surface area (Å²) in [5.74, 6) is 0. The topological polar surface area (TPSA) is 12.5 Å². The predicted molar refractivity (Wildman–Crippen MR) is 57.5 cm³/mol. The molecule has 1 fully saturated rings. The summed E-state index contributed by atoms with van der Waals surface area (Å²) in [6, 6.07) is 9.49. The van der Waals surface area contributed by atoms with Crippen molar-refractivity contribution in [1.29, 1.82) is 0 Å². The molecule has 0 unspecified atom stereocenters. The molecule has 5 heteroatoms. The summed E-state index contributed by atoms with van der Waals surface area (Å²) in [6.07, 6.45) is -5.92. The SMILES string of the molecule is FC(F)(F)[C@@H]1CN(Cc2ccccc2)CCO1. The van der Waals surface area contributed by atoms with Crippen LogP contribution in [0.5, 0.6) is 0 Å². The van der Waals surface area contributed by atoms with Crippen molar-refractivity contribution in [2.45, 2.75) is 18.8 Å². The van der Waals surface area contributed by atoms with Gasteiger partial charge in [-0.25, -0.2) is 0 Å². The minimum absolute atomic E-state index is 0.0849. The van der Waals surface area contributed by atoms with Gasteiger partial charge in [-0.2, -0.15) is 13.2 Å². The van der Waals surface area contributed by atoms with Gasteiger partial charge in [0.05, 0.1) is 6.61 Å². The molecule has 0 saturated carbocycles. The average Bonchev–Trinajstić information content (AvgIpc) is 2.29. The van der Waals surface area contributed by atoms with Crippen LogP contribution in [0.15, 0.2) is 30.3 Å². The van der Waals surface area contributed by atoms with Crippen LogP contribution in [-0.2, 0) is 11.3 Å². The molecule has 1 atom stereocenters. The molecule has 0 spiro atoms. The summed E-state index contributed by atoms with van der Waals surface area (Å²) in [6.45, 7) is 1.13. The molecule has 94 valence electrons. The molecule has 1 saturated heterocycles. The van der Waals surface area contributed by atoms with E-state index >= 15 is 0 Å². The van der Waals surface area contributed by atoms with Gasteiger partial charge in [-0.15, -0.1) is 0 Å². The van der Waals surface area contributed by atoms with Crippen LogP contribution in [0.3, 0.4) is 0 Å². The minimum atomic E-state index is -4.27. The highest BCUT2D eigenvalue weighted by Crippen LogP contribution is 2.26.